The number of hydrogen-bond acceptors (Lipinski definition) is 8. The molecule has 1 saturated heterocycles. The molecule has 38 heavy (non-hydrogen) atoms. The minimum absolute atomic E-state index is 0. The molecule has 0 bridgehead atoms. The Labute approximate surface area is 226 Å². The number of carbonyl (C=O) groups excluding carboxylic acids is 1. The first kappa shape index (κ1) is 25.4. The molecule has 4 aromatic rings. The van der Waals surface area contributed by atoms with Gasteiger partial charge in [-0.25, -0.2) is 0 Å². The number of para-hydroxylation sites is 1. The number of aromatic nitrogens is 2. The highest BCUT2D eigenvalue weighted by atomic mass is 35.5. The summed E-state index contributed by atoms with van der Waals surface area (Å²) in [6.07, 6.45) is 0. The van der Waals surface area contributed by atoms with Crippen LogP contribution in [0.15, 0.2) is 71.3 Å². The molecular formula is C28H27ClN4O5. The van der Waals surface area contributed by atoms with E-state index in [-0.39, 0.29) is 31.7 Å². The molecule has 9 nitrogen and oxygen atoms in total. The van der Waals surface area contributed by atoms with Crippen molar-refractivity contribution < 1.29 is 23.5 Å². The molecule has 2 aliphatic rings. The van der Waals surface area contributed by atoms with Gasteiger partial charge < -0.3 is 28.5 Å². The van der Waals surface area contributed by atoms with Crippen molar-refractivity contribution in [2.45, 2.75) is 6.92 Å². The molecule has 0 unspecified atom stereocenters. The average Bonchev–Trinajstić information content (AvgIpc) is 3.62. The second-order valence-electron chi connectivity index (χ2n) is 8.98. The number of nitrogens with zero attached hydrogens (tertiary/aromatic N) is 4. The lowest BCUT2D eigenvalue weighted by atomic mass is 10.1. The van der Waals surface area contributed by atoms with Crippen LogP contribution >= 0.6 is 12.4 Å². The first-order valence-electron chi connectivity index (χ1n) is 12.2. The summed E-state index contributed by atoms with van der Waals surface area (Å²) in [6.45, 7) is 4.89. The maximum absolute atomic E-state index is 12.9. The highest BCUT2D eigenvalue weighted by Crippen LogP contribution is 2.36. The van der Waals surface area contributed by atoms with Gasteiger partial charge in [0.15, 0.2) is 18.1 Å². The number of ether oxygens (including phenoxy) is 3. The Morgan fingerprint density at radius 3 is 2.53 bits per heavy atom. The fraction of sp³-hybridized carbons (Fsp3) is 0.250. The maximum Gasteiger partial charge on any atom is 0.262 e. The van der Waals surface area contributed by atoms with E-state index in [0.717, 1.165) is 41.4 Å². The quantitative estimate of drug-likeness (QED) is 0.355. The predicted molar refractivity (Wildman–Crippen MR) is 144 cm³/mol. The molecule has 10 heteroatoms. The summed E-state index contributed by atoms with van der Waals surface area (Å²) in [5.41, 5.74) is 3.74. The lowest BCUT2D eigenvalue weighted by Gasteiger charge is -2.36. The number of anilines is 1. The molecule has 1 amide bonds. The molecule has 0 radical (unpaired) electrons. The van der Waals surface area contributed by atoms with Crippen LogP contribution < -0.4 is 19.1 Å². The summed E-state index contributed by atoms with van der Waals surface area (Å²) >= 11 is 0. The number of halogens is 1. The molecule has 196 valence electrons. The van der Waals surface area contributed by atoms with Crippen LogP contribution in [0.2, 0.25) is 0 Å². The van der Waals surface area contributed by atoms with Crippen LogP contribution in [0.1, 0.15) is 5.56 Å². The fourth-order valence-electron chi connectivity index (χ4n) is 4.45. The molecule has 0 atom stereocenters. The Hall–Kier alpha value is -4.24. The zero-order valence-electron chi connectivity index (χ0n) is 20.8. The third-order valence-electron chi connectivity index (χ3n) is 6.56. The predicted octanol–water partition coefficient (Wildman–Crippen LogP) is 4.59. The molecule has 0 N–H and O–H groups in total. The fourth-order valence-corrected chi connectivity index (χ4v) is 4.45. The Balaban J connectivity index is 0.00000294. The molecule has 0 aliphatic carbocycles. The lowest BCUT2D eigenvalue weighted by Crippen LogP contribution is -2.50. The second kappa shape index (κ2) is 11.0. The van der Waals surface area contributed by atoms with E-state index in [9.17, 15) is 4.79 Å². The summed E-state index contributed by atoms with van der Waals surface area (Å²) in [5.74, 6) is 2.83. The highest BCUT2D eigenvalue weighted by molar-refractivity contribution is 5.85. The van der Waals surface area contributed by atoms with Crippen LogP contribution in [-0.4, -0.2) is 60.5 Å². The topological polar surface area (TPSA) is 90.2 Å². The molecule has 1 fully saturated rings. The smallest absolute Gasteiger partial charge is 0.262 e. The van der Waals surface area contributed by atoms with Gasteiger partial charge >= 0.3 is 0 Å². The van der Waals surface area contributed by atoms with Gasteiger partial charge in [-0.05, 0) is 31.2 Å². The number of benzene rings is 3. The van der Waals surface area contributed by atoms with Gasteiger partial charge in [0.2, 0.25) is 12.6 Å². The zero-order valence-corrected chi connectivity index (χ0v) is 21.6. The summed E-state index contributed by atoms with van der Waals surface area (Å²) < 4.78 is 22.3. The Kier molecular flexibility index (Phi) is 7.37. The van der Waals surface area contributed by atoms with E-state index < -0.39 is 0 Å². The third kappa shape index (κ3) is 5.24. The van der Waals surface area contributed by atoms with Crippen molar-refractivity contribution in [2.75, 3.05) is 44.5 Å². The SMILES string of the molecule is Cc1ccc(-c2noc(-c3ccccc3OCC(=O)N3CCN(c4ccc5c(c4)OCO5)CC3)n2)cc1.Cl. The summed E-state index contributed by atoms with van der Waals surface area (Å²) in [5, 5.41) is 4.12. The van der Waals surface area contributed by atoms with Crippen LogP contribution in [0, 0.1) is 6.92 Å². The number of rotatable bonds is 6. The van der Waals surface area contributed by atoms with Crippen LogP contribution in [0.4, 0.5) is 5.69 Å². The molecule has 1 aromatic heterocycles. The first-order chi connectivity index (χ1) is 18.1. The highest BCUT2D eigenvalue weighted by Gasteiger charge is 2.24. The molecule has 6 rings (SSSR count). The van der Waals surface area contributed by atoms with Crippen LogP contribution in [0.25, 0.3) is 22.8 Å². The molecular weight excluding hydrogens is 508 g/mol. The van der Waals surface area contributed by atoms with Crippen molar-refractivity contribution in [3.63, 3.8) is 0 Å². The van der Waals surface area contributed by atoms with E-state index in [1.807, 2.05) is 72.5 Å². The van der Waals surface area contributed by atoms with E-state index in [1.165, 1.54) is 0 Å². The number of aryl methyl sites for hydroxylation is 1. The van der Waals surface area contributed by atoms with Crippen LogP contribution in [0.3, 0.4) is 0 Å². The molecule has 2 aliphatic heterocycles. The van der Waals surface area contributed by atoms with Gasteiger partial charge in [-0.1, -0.05) is 47.1 Å². The number of carbonyl (C=O) groups is 1. The average molecular weight is 535 g/mol. The van der Waals surface area contributed by atoms with Crippen molar-refractivity contribution in [3.05, 3.63) is 72.3 Å². The van der Waals surface area contributed by atoms with Crippen molar-refractivity contribution >= 4 is 24.0 Å². The Morgan fingerprint density at radius 2 is 1.71 bits per heavy atom. The van der Waals surface area contributed by atoms with Crippen molar-refractivity contribution in [1.29, 1.82) is 0 Å². The third-order valence-corrected chi connectivity index (χ3v) is 6.56. The largest absolute Gasteiger partial charge is 0.483 e. The zero-order chi connectivity index (χ0) is 25.2. The van der Waals surface area contributed by atoms with Gasteiger partial charge in [0.25, 0.3) is 11.8 Å². The molecule has 3 heterocycles. The van der Waals surface area contributed by atoms with Gasteiger partial charge in [0.1, 0.15) is 5.75 Å². The second-order valence-corrected chi connectivity index (χ2v) is 8.98. The summed E-state index contributed by atoms with van der Waals surface area (Å²) in [6, 6.07) is 21.2. The summed E-state index contributed by atoms with van der Waals surface area (Å²) in [4.78, 5) is 21.5. The summed E-state index contributed by atoms with van der Waals surface area (Å²) in [7, 11) is 0. The normalized spacial score (nSPS) is 14.2. The molecule has 3 aromatic carbocycles. The van der Waals surface area contributed by atoms with Gasteiger partial charge in [0, 0.05) is 43.5 Å². The van der Waals surface area contributed by atoms with E-state index in [1.54, 1.807) is 6.07 Å². The van der Waals surface area contributed by atoms with Crippen molar-refractivity contribution in [2.24, 2.45) is 0 Å². The van der Waals surface area contributed by atoms with E-state index >= 15 is 0 Å². The standard InChI is InChI=1S/C28H26N4O5.ClH/c1-19-6-8-20(9-7-19)27-29-28(37-30-27)22-4-2-3-5-23(22)34-17-26(33)32-14-12-31(13-15-32)21-10-11-24-25(16-21)36-18-35-24;/h2-11,16H,12-15,17-18H2,1H3;1H. The number of fused-ring (bicyclic) bond motifs is 1. The number of hydrogen-bond donors (Lipinski definition) is 0. The van der Waals surface area contributed by atoms with Crippen molar-refractivity contribution in [3.8, 4) is 40.1 Å². The van der Waals surface area contributed by atoms with E-state index in [2.05, 4.69) is 15.0 Å². The minimum atomic E-state index is -0.0695. The van der Waals surface area contributed by atoms with Crippen LogP contribution in [0.5, 0.6) is 17.2 Å². The van der Waals surface area contributed by atoms with Crippen LogP contribution in [-0.2, 0) is 4.79 Å². The number of piperazine rings is 1. The Bertz CT molecular complexity index is 1420. The van der Waals surface area contributed by atoms with Gasteiger partial charge in [-0.3, -0.25) is 4.79 Å². The first-order valence-corrected chi connectivity index (χ1v) is 12.2. The van der Waals surface area contributed by atoms with Gasteiger partial charge in [-0.2, -0.15) is 4.98 Å². The van der Waals surface area contributed by atoms with E-state index in [4.69, 9.17) is 18.7 Å². The molecule has 0 saturated carbocycles. The van der Waals surface area contributed by atoms with Gasteiger partial charge in [-0.15, -0.1) is 12.4 Å². The monoisotopic (exact) mass is 534 g/mol. The molecule has 0 spiro atoms. The lowest BCUT2D eigenvalue weighted by molar-refractivity contribution is -0.133. The number of amides is 1. The van der Waals surface area contributed by atoms with E-state index in [0.29, 0.717) is 36.1 Å². The minimum Gasteiger partial charge on any atom is -0.483 e. The van der Waals surface area contributed by atoms with Gasteiger partial charge in [0.05, 0.1) is 5.56 Å². The maximum atomic E-state index is 12.9. The Morgan fingerprint density at radius 1 is 0.947 bits per heavy atom. The van der Waals surface area contributed by atoms with Crippen molar-refractivity contribution in [1.82, 2.24) is 15.0 Å².